The molecule has 0 radical (unpaired) electrons. The van der Waals surface area contributed by atoms with Crippen molar-refractivity contribution in [3.63, 3.8) is 0 Å². The minimum absolute atomic E-state index is 0.0181. The summed E-state index contributed by atoms with van der Waals surface area (Å²) in [6, 6.07) is 17.4. The third-order valence-electron chi connectivity index (χ3n) is 7.09. The van der Waals surface area contributed by atoms with E-state index in [2.05, 4.69) is 53.9 Å². The van der Waals surface area contributed by atoms with Crippen LogP contribution in [0.1, 0.15) is 56.1 Å². The van der Waals surface area contributed by atoms with Crippen molar-refractivity contribution in [2.75, 3.05) is 20.6 Å². The lowest BCUT2D eigenvalue weighted by molar-refractivity contribution is -0.123. The number of rotatable bonds is 11. The predicted octanol–water partition coefficient (Wildman–Crippen LogP) is 4.26. The van der Waals surface area contributed by atoms with Gasteiger partial charge in [0.1, 0.15) is 5.82 Å². The van der Waals surface area contributed by atoms with Gasteiger partial charge >= 0.3 is 0 Å². The molecule has 2 aromatic carbocycles. The van der Waals surface area contributed by atoms with E-state index in [0.29, 0.717) is 37.8 Å². The van der Waals surface area contributed by atoms with Gasteiger partial charge in [0.2, 0.25) is 11.8 Å². The highest BCUT2D eigenvalue weighted by atomic mass is 19.1. The molecule has 0 heterocycles. The van der Waals surface area contributed by atoms with Gasteiger partial charge in [-0.2, -0.15) is 0 Å². The van der Waals surface area contributed by atoms with Crippen LogP contribution in [0.5, 0.6) is 0 Å². The second kappa shape index (κ2) is 12.7. The molecule has 6 heteroatoms. The first kappa shape index (κ1) is 25.9. The van der Waals surface area contributed by atoms with Gasteiger partial charge in [-0.05, 0) is 76.2 Å². The summed E-state index contributed by atoms with van der Waals surface area (Å²) in [6.07, 6.45) is 6.66. The maximum Gasteiger partial charge on any atom is 0.220 e. The second-order valence-corrected chi connectivity index (χ2v) is 9.67. The summed E-state index contributed by atoms with van der Waals surface area (Å²) in [5, 5.41) is 5.98. The molecule has 2 N–H and O–H groups in total. The molecule has 34 heavy (non-hydrogen) atoms. The monoisotopic (exact) mass is 467 g/mol. The first-order chi connectivity index (χ1) is 16.4. The Balaban J connectivity index is 1.33. The minimum Gasteiger partial charge on any atom is -0.356 e. The van der Waals surface area contributed by atoms with Crippen molar-refractivity contribution in [2.24, 2.45) is 0 Å². The topological polar surface area (TPSA) is 61.4 Å². The lowest BCUT2D eigenvalue weighted by atomic mass is 9.75. The summed E-state index contributed by atoms with van der Waals surface area (Å²) in [4.78, 5) is 26.8. The average Bonchev–Trinajstić information content (AvgIpc) is 2.82. The van der Waals surface area contributed by atoms with Crippen molar-refractivity contribution in [3.05, 3.63) is 71.5 Å². The molecule has 1 fully saturated rings. The number of benzene rings is 2. The molecule has 0 spiro atoms. The maximum atomic E-state index is 13.6. The molecule has 184 valence electrons. The summed E-state index contributed by atoms with van der Waals surface area (Å²) in [5.41, 5.74) is 2.08. The van der Waals surface area contributed by atoms with E-state index in [4.69, 9.17) is 0 Å². The zero-order valence-electron chi connectivity index (χ0n) is 20.5. The Bertz CT molecular complexity index is 924. The van der Waals surface area contributed by atoms with Crippen molar-refractivity contribution < 1.29 is 14.0 Å². The quantitative estimate of drug-likeness (QED) is 0.519. The highest BCUT2D eigenvalue weighted by Crippen LogP contribution is 2.35. The molecule has 0 unspecified atom stereocenters. The number of nitrogens with one attached hydrogen (secondary N) is 2. The minimum atomic E-state index is -0.251. The van der Waals surface area contributed by atoms with Gasteiger partial charge in [-0.1, -0.05) is 48.5 Å². The van der Waals surface area contributed by atoms with Gasteiger partial charge in [-0.3, -0.25) is 9.59 Å². The zero-order valence-corrected chi connectivity index (χ0v) is 20.5. The molecule has 0 atom stereocenters. The molecule has 0 saturated heterocycles. The molecule has 2 amide bonds. The Morgan fingerprint density at radius 2 is 1.62 bits per heavy atom. The molecule has 1 aliphatic rings. The van der Waals surface area contributed by atoms with Crippen LogP contribution in [0, 0.1) is 5.82 Å². The lowest BCUT2D eigenvalue weighted by Crippen LogP contribution is -2.52. The normalized spacial score (nSPS) is 20.2. The van der Waals surface area contributed by atoms with Crippen molar-refractivity contribution >= 4 is 11.8 Å². The fourth-order valence-corrected chi connectivity index (χ4v) is 4.89. The van der Waals surface area contributed by atoms with Gasteiger partial charge < -0.3 is 15.5 Å². The smallest absolute Gasteiger partial charge is 0.220 e. The molecule has 1 saturated carbocycles. The van der Waals surface area contributed by atoms with Gasteiger partial charge in [-0.15, -0.1) is 0 Å². The van der Waals surface area contributed by atoms with E-state index in [-0.39, 0.29) is 29.2 Å². The fraction of sp³-hybridized carbons (Fsp3) is 0.500. The number of carbonyl (C=O) groups excluding carboxylic acids is 2. The highest BCUT2D eigenvalue weighted by molar-refractivity contribution is 5.79. The maximum absolute atomic E-state index is 13.6. The Labute approximate surface area is 203 Å². The molecule has 0 bridgehead atoms. The van der Waals surface area contributed by atoms with E-state index in [0.717, 1.165) is 32.1 Å². The molecular formula is C28H38FN3O2. The molecule has 1 aliphatic carbocycles. The first-order valence-electron chi connectivity index (χ1n) is 12.4. The Morgan fingerprint density at radius 1 is 0.971 bits per heavy atom. The summed E-state index contributed by atoms with van der Waals surface area (Å²) >= 11 is 0. The number of likely N-dealkylation sites (N-methyl/N-ethyl adjacent to an activating group) is 1. The third-order valence-corrected chi connectivity index (χ3v) is 7.09. The Morgan fingerprint density at radius 3 is 2.29 bits per heavy atom. The summed E-state index contributed by atoms with van der Waals surface area (Å²) < 4.78 is 13.6. The van der Waals surface area contributed by atoms with Crippen molar-refractivity contribution in [3.8, 4) is 0 Å². The number of halogens is 1. The van der Waals surface area contributed by atoms with Crippen LogP contribution in [0.3, 0.4) is 0 Å². The average molecular weight is 468 g/mol. The zero-order chi connectivity index (χ0) is 24.4. The van der Waals surface area contributed by atoms with E-state index in [1.807, 2.05) is 6.07 Å². The van der Waals surface area contributed by atoms with Crippen LogP contribution in [-0.2, 0) is 22.4 Å². The van der Waals surface area contributed by atoms with Crippen LogP contribution < -0.4 is 10.6 Å². The number of nitrogens with zero attached hydrogens (tertiary/aromatic N) is 1. The number of amides is 2. The largest absolute Gasteiger partial charge is 0.356 e. The van der Waals surface area contributed by atoms with E-state index in [1.54, 1.807) is 18.2 Å². The van der Waals surface area contributed by atoms with Crippen molar-refractivity contribution in [1.29, 1.82) is 0 Å². The third kappa shape index (κ3) is 7.66. The summed E-state index contributed by atoms with van der Waals surface area (Å²) in [5.74, 6) is -0.331. The van der Waals surface area contributed by atoms with Gasteiger partial charge in [0.05, 0.1) is 0 Å². The lowest BCUT2D eigenvalue weighted by Gasteiger charge is -2.45. The second-order valence-electron chi connectivity index (χ2n) is 9.67. The Kier molecular flexibility index (Phi) is 9.63. The first-order valence-corrected chi connectivity index (χ1v) is 12.4. The number of hydrogen-bond donors (Lipinski definition) is 2. The molecule has 2 aromatic rings. The van der Waals surface area contributed by atoms with Crippen LogP contribution in [0.15, 0.2) is 54.6 Å². The van der Waals surface area contributed by atoms with Crippen LogP contribution in [-0.4, -0.2) is 48.9 Å². The molecule has 0 aromatic heterocycles. The van der Waals surface area contributed by atoms with Gasteiger partial charge in [0.25, 0.3) is 0 Å². The SMILES string of the molecule is CN(C)C1(Cc2ccccc2)CCC(NC(=O)CCCC(=O)NCCc2ccccc2F)CC1. The van der Waals surface area contributed by atoms with E-state index < -0.39 is 0 Å². The van der Waals surface area contributed by atoms with E-state index >= 15 is 0 Å². The van der Waals surface area contributed by atoms with Crippen LogP contribution in [0.2, 0.25) is 0 Å². The van der Waals surface area contributed by atoms with Gasteiger partial charge in [0.15, 0.2) is 0 Å². The van der Waals surface area contributed by atoms with E-state index in [1.165, 1.54) is 11.6 Å². The van der Waals surface area contributed by atoms with Crippen LogP contribution in [0.25, 0.3) is 0 Å². The molecular weight excluding hydrogens is 429 g/mol. The highest BCUT2D eigenvalue weighted by Gasteiger charge is 2.37. The Hall–Kier alpha value is -2.73. The fourth-order valence-electron chi connectivity index (χ4n) is 4.89. The predicted molar refractivity (Wildman–Crippen MR) is 134 cm³/mol. The van der Waals surface area contributed by atoms with Crippen LogP contribution >= 0.6 is 0 Å². The standard InChI is InChI=1S/C28H38FN3O2/c1-32(2)28(21-22-9-4-3-5-10-22)18-15-24(16-19-28)31-27(34)14-8-13-26(33)30-20-17-23-11-6-7-12-25(23)29/h3-7,9-12,24H,8,13-21H2,1-2H3,(H,30,33)(H,31,34). The van der Waals surface area contributed by atoms with Crippen molar-refractivity contribution in [1.82, 2.24) is 15.5 Å². The molecule has 5 nitrogen and oxygen atoms in total. The summed E-state index contributed by atoms with van der Waals surface area (Å²) in [7, 11) is 4.31. The van der Waals surface area contributed by atoms with Crippen LogP contribution in [0.4, 0.5) is 4.39 Å². The number of carbonyl (C=O) groups is 2. The van der Waals surface area contributed by atoms with E-state index in [9.17, 15) is 14.0 Å². The van der Waals surface area contributed by atoms with Crippen molar-refractivity contribution in [2.45, 2.75) is 69.4 Å². The molecule has 3 rings (SSSR count). The van der Waals surface area contributed by atoms with Gasteiger partial charge in [0, 0.05) is 31.0 Å². The molecule has 0 aliphatic heterocycles. The van der Waals surface area contributed by atoms with Gasteiger partial charge in [-0.25, -0.2) is 4.39 Å². The summed E-state index contributed by atoms with van der Waals surface area (Å²) in [6.45, 7) is 0.393. The number of hydrogen-bond acceptors (Lipinski definition) is 3.